The first-order valence-corrected chi connectivity index (χ1v) is 8.18. The molecule has 126 valence electrons. The highest BCUT2D eigenvalue weighted by Crippen LogP contribution is 2.23. The molecule has 2 heterocycles. The van der Waals surface area contributed by atoms with Gasteiger partial charge in [-0.15, -0.1) is 0 Å². The molecule has 2 atom stereocenters. The van der Waals surface area contributed by atoms with Crippen LogP contribution in [0.3, 0.4) is 0 Å². The molecule has 1 fully saturated rings. The van der Waals surface area contributed by atoms with Gasteiger partial charge < -0.3 is 15.3 Å². The number of aliphatic hydroxyl groups is 1. The number of amides is 1. The number of likely N-dealkylation sites (tertiary alicyclic amines) is 1. The first kappa shape index (κ1) is 16.4. The third-order valence-corrected chi connectivity index (χ3v) is 4.48. The summed E-state index contributed by atoms with van der Waals surface area (Å²) < 4.78 is 0. The van der Waals surface area contributed by atoms with Gasteiger partial charge in [0.15, 0.2) is 0 Å². The van der Waals surface area contributed by atoms with Crippen molar-refractivity contribution >= 4 is 11.6 Å². The topological polar surface area (TPSA) is 78.4 Å². The second-order valence-electron chi connectivity index (χ2n) is 6.10. The first-order valence-electron chi connectivity index (χ1n) is 8.18. The van der Waals surface area contributed by atoms with Crippen LogP contribution in [0.4, 0.5) is 5.69 Å². The number of anilines is 1. The molecule has 0 spiro atoms. The first-order chi connectivity index (χ1) is 11.7. The van der Waals surface area contributed by atoms with Crippen molar-refractivity contribution < 1.29 is 9.90 Å². The van der Waals surface area contributed by atoms with Gasteiger partial charge in [0.25, 0.3) is 5.91 Å². The molecule has 6 nitrogen and oxygen atoms in total. The van der Waals surface area contributed by atoms with Crippen LogP contribution in [0.5, 0.6) is 0 Å². The maximum atomic E-state index is 12.5. The number of nitrogens with one attached hydrogen (secondary N) is 1. The molecule has 1 aliphatic heterocycles. The van der Waals surface area contributed by atoms with E-state index in [2.05, 4.69) is 27.4 Å². The summed E-state index contributed by atoms with van der Waals surface area (Å²) >= 11 is 0. The van der Waals surface area contributed by atoms with Gasteiger partial charge in [-0.2, -0.15) is 0 Å². The SMILES string of the molecule is CNc1cnc(C(=O)N2CC[C@H](Cc3ccccc3)[C@@H](O)C2)nc1. The third-order valence-electron chi connectivity index (χ3n) is 4.48. The Hall–Kier alpha value is -2.47. The highest BCUT2D eigenvalue weighted by Gasteiger charge is 2.31. The fraction of sp³-hybridized carbons (Fsp3) is 0.389. The molecule has 6 heteroatoms. The fourth-order valence-corrected chi connectivity index (χ4v) is 3.03. The number of rotatable bonds is 4. The lowest BCUT2D eigenvalue weighted by Gasteiger charge is -2.35. The van der Waals surface area contributed by atoms with Crippen molar-refractivity contribution in [3.63, 3.8) is 0 Å². The monoisotopic (exact) mass is 326 g/mol. The highest BCUT2D eigenvalue weighted by molar-refractivity contribution is 5.90. The molecule has 24 heavy (non-hydrogen) atoms. The van der Waals surface area contributed by atoms with Crippen molar-refractivity contribution in [1.29, 1.82) is 0 Å². The minimum absolute atomic E-state index is 0.169. The molecule has 1 amide bonds. The number of nitrogens with zero attached hydrogens (tertiary/aromatic N) is 3. The van der Waals surface area contributed by atoms with Gasteiger partial charge in [-0.3, -0.25) is 4.79 Å². The van der Waals surface area contributed by atoms with Gasteiger partial charge >= 0.3 is 0 Å². The Morgan fingerprint density at radius 1 is 1.29 bits per heavy atom. The number of hydrogen-bond donors (Lipinski definition) is 2. The summed E-state index contributed by atoms with van der Waals surface area (Å²) in [7, 11) is 1.77. The van der Waals surface area contributed by atoms with Crippen LogP contribution in [-0.4, -0.2) is 52.1 Å². The molecule has 0 bridgehead atoms. The Kier molecular flexibility index (Phi) is 5.05. The van der Waals surface area contributed by atoms with Crippen LogP contribution in [0.25, 0.3) is 0 Å². The molecule has 1 aromatic heterocycles. The van der Waals surface area contributed by atoms with Gasteiger partial charge in [-0.05, 0) is 24.3 Å². The number of benzene rings is 1. The number of aromatic nitrogens is 2. The second-order valence-corrected chi connectivity index (χ2v) is 6.10. The minimum atomic E-state index is -0.528. The molecule has 2 N–H and O–H groups in total. The number of carbonyl (C=O) groups is 1. The van der Waals surface area contributed by atoms with E-state index in [0.29, 0.717) is 13.1 Å². The van der Waals surface area contributed by atoms with Crippen molar-refractivity contribution in [1.82, 2.24) is 14.9 Å². The van der Waals surface area contributed by atoms with E-state index >= 15 is 0 Å². The maximum Gasteiger partial charge on any atom is 0.291 e. The zero-order valence-electron chi connectivity index (χ0n) is 13.7. The number of piperidine rings is 1. The van der Waals surface area contributed by atoms with E-state index in [1.165, 1.54) is 5.56 Å². The van der Waals surface area contributed by atoms with Crippen LogP contribution in [0, 0.1) is 5.92 Å². The molecule has 1 aliphatic rings. The van der Waals surface area contributed by atoms with E-state index in [9.17, 15) is 9.90 Å². The molecule has 3 rings (SSSR count). The largest absolute Gasteiger partial charge is 0.391 e. The van der Waals surface area contributed by atoms with Crippen molar-refractivity contribution in [2.45, 2.75) is 18.9 Å². The van der Waals surface area contributed by atoms with Crippen LogP contribution >= 0.6 is 0 Å². The molecule has 0 radical (unpaired) electrons. The fourth-order valence-electron chi connectivity index (χ4n) is 3.03. The van der Waals surface area contributed by atoms with Gasteiger partial charge in [-0.25, -0.2) is 9.97 Å². The van der Waals surface area contributed by atoms with E-state index in [1.54, 1.807) is 24.3 Å². The van der Waals surface area contributed by atoms with Crippen LogP contribution in [0.1, 0.15) is 22.6 Å². The highest BCUT2D eigenvalue weighted by atomic mass is 16.3. The molecule has 0 aliphatic carbocycles. The molecule has 1 saturated heterocycles. The van der Waals surface area contributed by atoms with E-state index in [4.69, 9.17) is 0 Å². The standard InChI is InChI=1S/C18H22N4O2/c1-19-15-10-20-17(21-11-15)18(24)22-8-7-14(16(23)12-22)9-13-5-3-2-4-6-13/h2-6,10-11,14,16,19,23H,7-9,12H2,1H3/t14-,16+/m1/s1. The van der Waals surface area contributed by atoms with E-state index < -0.39 is 6.10 Å². The van der Waals surface area contributed by atoms with E-state index in [1.807, 2.05) is 18.2 Å². The predicted octanol–water partition coefficient (Wildman–Crippen LogP) is 1.58. The second kappa shape index (κ2) is 7.40. The zero-order valence-corrected chi connectivity index (χ0v) is 13.7. The lowest BCUT2D eigenvalue weighted by atomic mass is 9.88. The molecule has 1 aromatic carbocycles. The molecule has 2 aromatic rings. The number of aliphatic hydroxyl groups excluding tert-OH is 1. The average molecular weight is 326 g/mol. The molecule has 0 saturated carbocycles. The zero-order chi connectivity index (χ0) is 16.9. The van der Waals surface area contributed by atoms with Gasteiger partial charge in [0, 0.05) is 20.1 Å². The third kappa shape index (κ3) is 3.71. The minimum Gasteiger partial charge on any atom is -0.391 e. The van der Waals surface area contributed by atoms with Crippen molar-refractivity contribution in [3.05, 3.63) is 54.1 Å². The normalized spacial score (nSPS) is 20.7. The van der Waals surface area contributed by atoms with Gasteiger partial charge in [0.2, 0.25) is 5.82 Å². The summed E-state index contributed by atoms with van der Waals surface area (Å²) in [5.74, 6) is 0.113. The summed E-state index contributed by atoms with van der Waals surface area (Å²) in [5.41, 5.74) is 1.97. The van der Waals surface area contributed by atoms with Gasteiger partial charge in [-0.1, -0.05) is 30.3 Å². The number of β-amino-alcohol motifs (C(OH)–C–C–N with tert-alkyl or cyclic N) is 1. The van der Waals surface area contributed by atoms with Crippen LogP contribution in [0.15, 0.2) is 42.7 Å². The predicted molar refractivity (Wildman–Crippen MR) is 91.7 cm³/mol. The molecule has 0 unspecified atom stereocenters. The summed E-state index contributed by atoms with van der Waals surface area (Å²) in [6, 6.07) is 10.1. The van der Waals surface area contributed by atoms with Crippen molar-refractivity contribution in [2.24, 2.45) is 5.92 Å². The van der Waals surface area contributed by atoms with Gasteiger partial charge in [0.05, 0.1) is 24.2 Å². The summed E-state index contributed by atoms with van der Waals surface area (Å²) in [6.45, 7) is 0.942. The Morgan fingerprint density at radius 2 is 2.00 bits per heavy atom. The summed E-state index contributed by atoms with van der Waals surface area (Å²) in [5, 5.41) is 13.4. The smallest absolute Gasteiger partial charge is 0.291 e. The van der Waals surface area contributed by atoms with Crippen molar-refractivity contribution in [2.75, 3.05) is 25.5 Å². The lowest BCUT2D eigenvalue weighted by molar-refractivity contribution is 0.0191. The van der Waals surface area contributed by atoms with E-state index in [-0.39, 0.29) is 17.6 Å². The average Bonchev–Trinajstić information content (AvgIpc) is 2.64. The van der Waals surface area contributed by atoms with Gasteiger partial charge in [0.1, 0.15) is 0 Å². The quantitative estimate of drug-likeness (QED) is 0.892. The Bertz CT molecular complexity index is 675. The van der Waals surface area contributed by atoms with Crippen LogP contribution < -0.4 is 5.32 Å². The van der Waals surface area contributed by atoms with E-state index in [0.717, 1.165) is 18.5 Å². The Labute approximate surface area is 141 Å². The maximum absolute atomic E-state index is 12.5. The Balaban J connectivity index is 1.61. The van der Waals surface area contributed by atoms with Crippen molar-refractivity contribution in [3.8, 4) is 0 Å². The number of carbonyl (C=O) groups excluding carboxylic acids is 1. The van der Waals surface area contributed by atoms with Crippen LogP contribution in [-0.2, 0) is 6.42 Å². The lowest BCUT2D eigenvalue weighted by Crippen LogP contribution is -2.47. The van der Waals surface area contributed by atoms with Crippen LogP contribution in [0.2, 0.25) is 0 Å². The number of hydrogen-bond acceptors (Lipinski definition) is 5. The molecular weight excluding hydrogens is 304 g/mol. The summed E-state index contributed by atoms with van der Waals surface area (Å²) in [4.78, 5) is 22.3. The Morgan fingerprint density at radius 3 is 2.62 bits per heavy atom. The molecular formula is C18H22N4O2. The summed E-state index contributed by atoms with van der Waals surface area (Å²) in [6.07, 6.45) is 4.24.